The lowest BCUT2D eigenvalue weighted by Crippen LogP contribution is -2.34. The topological polar surface area (TPSA) is 54.7 Å². The predicted molar refractivity (Wildman–Crippen MR) is 78.4 cm³/mol. The monoisotopic (exact) mass is 363 g/mol. The van der Waals surface area contributed by atoms with Crippen molar-refractivity contribution >= 4 is 0 Å². The van der Waals surface area contributed by atoms with E-state index in [0.717, 1.165) is 12.8 Å². The van der Waals surface area contributed by atoms with Gasteiger partial charge >= 0.3 is 12.4 Å². The van der Waals surface area contributed by atoms with Crippen LogP contribution in [0.1, 0.15) is 42.6 Å². The lowest BCUT2D eigenvalue weighted by molar-refractivity contribution is -0.143. The molecule has 0 saturated heterocycles. The van der Waals surface area contributed by atoms with Gasteiger partial charge in [0, 0.05) is 5.56 Å². The van der Waals surface area contributed by atoms with Crippen LogP contribution in [-0.2, 0) is 17.9 Å². The van der Waals surface area contributed by atoms with Crippen LogP contribution in [0.4, 0.5) is 26.3 Å². The lowest BCUT2D eigenvalue weighted by Gasteiger charge is -2.20. The van der Waals surface area contributed by atoms with E-state index in [-0.39, 0.29) is 17.3 Å². The minimum absolute atomic E-state index is 0.0725. The Morgan fingerprint density at radius 2 is 1.44 bits per heavy atom. The van der Waals surface area contributed by atoms with Crippen molar-refractivity contribution < 1.29 is 26.3 Å². The molecule has 1 saturated carbocycles. The highest BCUT2D eigenvalue weighted by atomic mass is 19.4. The minimum atomic E-state index is -4.89. The van der Waals surface area contributed by atoms with E-state index in [4.69, 9.17) is 5.73 Å². The fraction of sp³-hybridized carbons (Fsp3) is 0.438. The summed E-state index contributed by atoms with van der Waals surface area (Å²) in [7, 11) is 0. The van der Waals surface area contributed by atoms with Crippen molar-refractivity contribution in [1.82, 2.24) is 9.97 Å². The number of benzene rings is 1. The number of halogens is 6. The van der Waals surface area contributed by atoms with Gasteiger partial charge < -0.3 is 10.7 Å². The molecule has 1 heterocycles. The van der Waals surface area contributed by atoms with Crippen molar-refractivity contribution in [3.8, 4) is 11.3 Å². The van der Waals surface area contributed by atoms with E-state index in [9.17, 15) is 26.3 Å². The number of nitrogens with two attached hydrogens (primary N) is 1. The number of imidazole rings is 1. The molecule has 25 heavy (non-hydrogen) atoms. The molecule has 0 radical (unpaired) electrons. The Morgan fingerprint density at radius 1 is 0.920 bits per heavy atom. The first-order chi connectivity index (χ1) is 11.5. The molecule has 1 aromatic carbocycles. The minimum Gasteiger partial charge on any atom is -0.340 e. The third-order valence-corrected chi connectivity index (χ3v) is 4.44. The molecule has 1 aromatic heterocycles. The van der Waals surface area contributed by atoms with Crippen LogP contribution in [0.15, 0.2) is 24.4 Å². The SMILES string of the molecule is NC1(c2ncc(-c3cc(C(F)(F)F)cc(C(F)(F)F)c3)[nH]2)CCCC1. The standard InChI is InChI=1S/C16H15F6N3/c17-15(18,19)10-5-9(6-11(7-10)16(20,21)22)12-8-24-13(25-12)14(23)3-1-2-4-14/h5-8H,1-4,23H2,(H,24,25). The number of hydrogen-bond acceptors (Lipinski definition) is 2. The van der Waals surface area contributed by atoms with Gasteiger partial charge in [-0.25, -0.2) is 4.98 Å². The zero-order valence-corrected chi connectivity index (χ0v) is 12.9. The van der Waals surface area contributed by atoms with Crippen LogP contribution in [-0.4, -0.2) is 9.97 Å². The van der Waals surface area contributed by atoms with Crippen molar-refractivity contribution in [3.63, 3.8) is 0 Å². The van der Waals surface area contributed by atoms with Crippen molar-refractivity contribution in [3.05, 3.63) is 41.3 Å². The molecule has 0 aliphatic heterocycles. The van der Waals surface area contributed by atoms with Gasteiger partial charge in [-0.15, -0.1) is 0 Å². The van der Waals surface area contributed by atoms with Crippen molar-refractivity contribution in [1.29, 1.82) is 0 Å². The molecule has 0 amide bonds. The first kappa shape index (κ1) is 17.8. The summed E-state index contributed by atoms with van der Waals surface area (Å²) < 4.78 is 77.7. The predicted octanol–water partition coefficient (Wildman–Crippen LogP) is 4.84. The maximum absolute atomic E-state index is 13.0. The van der Waals surface area contributed by atoms with E-state index in [1.165, 1.54) is 6.20 Å². The summed E-state index contributed by atoms with van der Waals surface area (Å²) in [5.41, 5.74) is 2.61. The number of aromatic nitrogens is 2. The Labute approximate surface area is 139 Å². The zero-order valence-electron chi connectivity index (χ0n) is 12.9. The van der Waals surface area contributed by atoms with Gasteiger partial charge in [-0.3, -0.25) is 0 Å². The molecule has 3 nitrogen and oxygen atoms in total. The molecule has 2 aromatic rings. The summed E-state index contributed by atoms with van der Waals surface area (Å²) in [6.45, 7) is 0. The van der Waals surface area contributed by atoms with E-state index >= 15 is 0 Å². The molecule has 0 bridgehead atoms. The highest BCUT2D eigenvalue weighted by Gasteiger charge is 2.38. The number of hydrogen-bond donors (Lipinski definition) is 2. The molecule has 1 aliphatic rings. The number of nitrogens with zero attached hydrogens (tertiary/aromatic N) is 1. The number of H-pyrrole nitrogens is 1. The molecule has 136 valence electrons. The third kappa shape index (κ3) is 3.51. The van der Waals surface area contributed by atoms with Crippen LogP contribution in [0, 0.1) is 0 Å². The molecular weight excluding hydrogens is 348 g/mol. The van der Waals surface area contributed by atoms with Gasteiger partial charge in [0.1, 0.15) is 5.82 Å². The summed E-state index contributed by atoms with van der Waals surface area (Å²) in [5, 5.41) is 0. The molecule has 0 atom stereocenters. The van der Waals surface area contributed by atoms with Crippen molar-refractivity contribution in [2.45, 2.75) is 43.6 Å². The first-order valence-electron chi connectivity index (χ1n) is 7.63. The Hall–Kier alpha value is -2.03. The molecular formula is C16H15F6N3. The third-order valence-electron chi connectivity index (χ3n) is 4.44. The lowest BCUT2D eigenvalue weighted by atomic mass is 9.98. The van der Waals surface area contributed by atoms with Crippen LogP contribution in [0.25, 0.3) is 11.3 Å². The second kappa shape index (κ2) is 5.76. The number of alkyl halides is 6. The van der Waals surface area contributed by atoms with Gasteiger partial charge in [0.2, 0.25) is 0 Å². The molecule has 0 spiro atoms. The number of rotatable bonds is 2. The van der Waals surface area contributed by atoms with Gasteiger partial charge in [-0.1, -0.05) is 12.8 Å². The average Bonchev–Trinajstić information content (AvgIpc) is 3.15. The normalized spacial score (nSPS) is 17.9. The summed E-state index contributed by atoms with van der Waals surface area (Å²) >= 11 is 0. The summed E-state index contributed by atoms with van der Waals surface area (Å²) in [6, 6.07) is 1.44. The second-order valence-electron chi connectivity index (χ2n) is 6.30. The smallest absolute Gasteiger partial charge is 0.340 e. The zero-order chi connectivity index (χ0) is 18.5. The van der Waals surface area contributed by atoms with E-state index in [2.05, 4.69) is 9.97 Å². The summed E-state index contributed by atoms with van der Waals surface area (Å²) in [5.74, 6) is 0.381. The van der Waals surface area contributed by atoms with Gasteiger partial charge in [0.25, 0.3) is 0 Å². The van der Waals surface area contributed by atoms with E-state index < -0.39 is 29.0 Å². The fourth-order valence-corrected chi connectivity index (χ4v) is 3.07. The Morgan fingerprint density at radius 3 is 1.92 bits per heavy atom. The van der Waals surface area contributed by atoms with Crippen LogP contribution >= 0.6 is 0 Å². The fourth-order valence-electron chi connectivity index (χ4n) is 3.07. The largest absolute Gasteiger partial charge is 0.416 e. The molecule has 1 fully saturated rings. The number of nitrogens with one attached hydrogen (secondary N) is 1. The van der Waals surface area contributed by atoms with Crippen LogP contribution in [0.3, 0.4) is 0 Å². The molecule has 3 N–H and O–H groups in total. The molecule has 0 unspecified atom stereocenters. The van der Waals surface area contributed by atoms with Crippen LogP contribution < -0.4 is 5.73 Å². The Bertz CT molecular complexity index is 737. The highest BCUT2D eigenvalue weighted by Crippen LogP contribution is 2.39. The first-order valence-corrected chi connectivity index (χ1v) is 7.63. The van der Waals surface area contributed by atoms with Gasteiger partial charge in [-0.05, 0) is 31.0 Å². The Kier molecular flexibility index (Phi) is 4.09. The number of aromatic amines is 1. The highest BCUT2D eigenvalue weighted by molar-refractivity contribution is 5.62. The average molecular weight is 363 g/mol. The van der Waals surface area contributed by atoms with E-state index in [0.29, 0.717) is 30.8 Å². The van der Waals surface area contributed by atoms with Crippen molar-refractivity contribution in [2.75, 3.05) is 0 Å². The maximum Gasteiger partial charge on any atom is 0.416 e. The maximum atomic E-state index is 13.0. The van der Waals surface area contributed by atoms with Crippen LogP contribution in [0.2, 0.25) is 0 Å². The summed E-state index contributed by atoms with van der Waals surface area (Å²) in [4.78, 5) is 6.89. The molecule has 3 rings (SSSR count). The van der Waals surface area contributed by atoms with Crippen LogP contribution in [0.5, 0.6) is 0 Å². The Balaban J connectivity index is 2.06. The summed E-state index contributed by atoms with van der Waals surface area (Å²) in [6.07, 6.45) is -5.44. The molecule has 1 aliphatic carbocycles. The van der Waals surface area contributed by atoms with Gasteiger partial charge in [0.05, 0.1) is 28.6 Å². The van der Waals surface area contributed by atoms with Gasteiger partial charge in [-0.2, -0.15) is 26.3 Å². The quantitative estimate of drug-likeness (QED) is 0.750. The van der Waals surface area contributed by atoms with Gasteiger partial charge in [0.15, 0.2) is 0 Å². The van der Waals surface area contributed by atoms with E-state index in [1.807, 2.05) is 0 Å². The van der Waals surface area contributed by atoms with Crippen molar-refractivity contribution in [2.24, 2.45) is 5.73 Å². The second-order valence-corrected chi connectivity index (χ2v) is 6.30. The molecule has 9 heteroatoms. The van der Waals surface area contributed by atoms with E-state index in [1.54, 1.807) is 0 Å².